The molecule has 3 nitrogen and oxygen atoms in total. The molecule has 0 aromatic rings. The van der Waals surface area contributed by atoms with Crippen LogP contribution < -0.4 is 5.73 Å². The van der Waals surface area contributed by atoms with E-state index in [1.165, 1.54) is 0 Å². The van der Waals surface area contributed by atoms with E-state index in [1.54, 1.807) is 0 Å². The van der Waals surface area contributed by atoms with E-state index < -0.39 is 0 Å². The van der Waals surface area contributed by atoms with Gasteiger partial charge in [-0.05, 0) is 5.92 Å². The maximum absolute atomic E-state index is 9.65. The first-order valence-electron chi connectivity index (χ1n) is 2.99. The SMILES string of the molecule is CC(C)[C@H](N)COC=O. The van der Waals surface area contributed by atoms with Crippen molar-refractivity contribution >= 4 is 6.47 Å². The van der Waals surface area contributed by atoms with Crippen molar-refractivity contribution in [2.24, 2.45) is 11.7 Å². The fraction of sp³-hybridized carbons (Fsp3) is 0.833. The Kier molecular flexibility index (Phi) is 4.05. The van der Waals surface area contributed by atoms with Crippen molar-refractivity contribution in [3.63, 3.8) is 0 Å². The van der Waals surface area contributed by atoms with Gasteiger partial charge in [-0.3, -0.25) is 4.79 Å². The molecule has 3 heteroatoms. The maximum atomic E-state index is 9.65. The van der Waals surface area contributed by atoms with Crippen molar-refractivity contribution in [3.8, 4) is 0 Å². The predicted octanol–water partition coefficient (Wildman–Crippen LogP) is 0.143. The van der Waals surface area contributed by atoms with Crippen LogP contribution in [0.4, 0.5) is 0 Å². The number of carbonyl (C=O) groups is 1. The Morgan fingerprint density at radius 2 is 2.22 bits per heavy atom. The summed E-state index contributed by atoms with van der Waals surface area (Å²) >= 11 is 0. The standard InChI is InChI=1S/C6H13NO2/c1-5(2)6(7)3-9-4-8/h4-6H,3,7H2,1-2H3/t6-/m1/s1. The third-order valence-electron chi connectivity index (χ3n) is 1.21. The molecule has 0 unspecified atom stereocenters. The average molecular weight is 131 g/mol. The van der Waals surface area contributed by atoms with E-state index in [1.807, 2.05) is 13.8 Å². The number of rotatable bonds is 4. The molecule has 0 aromatic heterocycles. The Morgan fingerprint density at radius 1 is 1.67 bits per heavy atom. The molecule has 0 aliphatic carbocycles. The Morgan fingerprint density at radius 3 is 2.56 bits per heavy atom. The molecule has 0 fully saturated rings. The first-order valence-corrected chi connectivity index (χ1v) is 2.99. The second kappa shape index (κ2) is 4.32. The van der Waals surface area contributed by atoms with Crippen molar-refractivity contribution in [1.82, 2.24) is 0 Å². The lowest BCUT2D eigenvalue weighted by Crippen LogP contribution is -2.31. The summed E-state index contributed by atoms with van der Waals surface area (Å²) in [4.78, 5) is 9.65. The molecule has 0 bridgehead atoms. The van der Waals surface area contributed by atoms with Crippen LogP contribution in [0, 0.1) is 5.92 Å². The van der Waals surface area contributed by atoms with Crippen LogP contribution in [0.15, 0.2) is 0 Å². The van der Waals surface area contributed by atoms with Crippen LogP contribution in [-0.2, 0) is 9.53 Å². The van der Waals surface area contributed by atoms with Crippen LogP contribution in [0.25, 0.3) is 0 Å². The highest BCUT2D eigenvalue weighted by Crippen LogP contribution is 1.96. The second-order valence-electron chi connectivity index (χ2n) is 2.34. The summed E-state index contributed by atoms with van der Waals surface area (Å²) in [5, 5.41) is 0. The lowest BCUT2D eigenvalue weighted by Gasteiger charge is -2.12. The van der Waals surface area contributed by atoms with Crippen molar-refractivity contribution in [3.05, 3.63) is 0 Å². The fourth-order valence-electron chi connectivity index (χ4n) is 0.343. The summed E-state index contributed by atoms with van der Waals surface area (Å²) in [6, 6.07) is -0.0322. The van der Waals surface area contributed by atoms with E-state index in [0.717, 1.165) is 0 Å². The van der Waals surface area contributed by atoms with Gasteiger partial charge in [0.1, 0.15) is 6.61 Å². The van der Waals surface area contributed by atoms with Gasteiger partial charge >= 0.3 is 0 Å². The van der Waals surface area contributed by atoms with Crippen LogP contribution >= 0.6 is 0 Å². The van der Waals surface area contributed by atoms with Crippen molar-refractivity contribution in [2.45, 2.75) is 19.9 Å². The molecule has 0 aliphatic rings. The summed E-state index contributed by atoms with van der Waals surface area (Å²) in [6.07, 6.45) is 0. The molecule has 0 radical (unpaired) electrons. The van der Waals surface area contributed by atoms with Gasteiger partial charge in [-0.2, -0.15) is 0 Å². The molecule has 0 amide bonds. The average Bonchev–Trinajstić information content (AvgIpc) is 1.82. The molecule has 0 heterocycles. The van der Waals surface area contributed by atoms with Gasteiger partial charge in [-0.25, -0.2) is 0 Å². The fourth-order valence-corrected chi connectivity index (χ4v) is 0.343. The van der Waals surface area contributed by atoms with Crippen molar-refractivity contribution < 1.29 is 9.53 Å². The molecule has 9 heavy (non-hydrogen) atoms. The highest BCUT2D eigenvalue weighted by molar-refractivity contribution is 5.36. The summed E-state index contributed by atoms with van der Waals surface area (Å²) in [6.45, 7) is 4.71. The van der Waals surface area contributed by atoms with Crippen LogP contribution in [0.1, 0.15) is 13.8 Å². The minimum Gasteiger partial charge on any atom is -0.466 e. The summed E-state index contributed by atoms with van der Waals surface area (Å²) in [5.41, 5.74) is 5.52. The number of carbonyl (C=O) groups excluding carboxylic acids is 1. The molecule has 0 spiro atoms. The zero-order chi connectivity index (χ0) is 7.28. The third-order valence-corrected chi connectivity index (χ3v) is 1.21. The first kappa shape index (κ1) is 8.43. The van der Waals surface area contributed by atoms with Crippen molar-refractivity contribution in [2.75, 3.05) is 6.61 Å². The summed E-state index contributed by atoms with van der Waals surface area (Å²) in [7, 11) is 0. The maximum Gasteiger partial charge on any atom is 0.293 e. The smallest absolute Gasteiger partial charge is 0.293 e. The Bertz CT molecular complexity index is 83.1. The van der Waals surface area contributed by atoms with E-state index in [9.17, 15) is 4.79 Å². The molecule has 54 valence electrons. The topological polar surface area (TPSA) is 52.3 Å². The number of hydrogen-bond donors (Lipinski definition) is 1. The van der Waals surface area contributed by atoms with Crippen LogP contribution in [0.2, 0.25) is 0 Å². The van der Waals surface area contributed by atoms with E-state index in [4.69, 9.17) is 5.73 Å². The monoisotopic (exact) mass is 131 g/mol. The van der Waals surface area contributed by atoms with E-state index in [0.29, 0.717) is 19.0 Å². The lowest BCUT2D eigenvalue weighted by atomic mass is 10.1. The number of hydrogen-bond acceptors (Lipinski definition) is 3. The van der Waals surface area contributed by atoms with E-state index >= 15 is 0 Å². The zero-order valence-corrected chi connectivity index (χ0v) is 5.83. The van der Waals surface area contributed by atoms with Gasteiger partial charge in [0.05, 0.1) is 0 Å². The van der Waals surface area contributed by atoms with Crippen LogP contribution in [-0.4, -0.2) is 19.1 Å². The van der Waals surface area contributed by atoms with Gasteiger partial charge in [-0.1, -0.05) is 13.8 Å². The molecule has 0 saturated carbocycles. The van der Waals surface area contributed by atoms with Crippen LogP contribution in [0.3, 0.4) is 0 Å². The quantitative estimate of drug-likeness (QED) is 0.552. The van der Waals surface area contributed by atoms with E-state index in [-0.39, 0.29) is 6.04 Å². The largest absolute Gasteiger partial charge is 0.466 e. The second-order valence-corrected chi connectivity index (χ2v) is 2.34. The zero-order valence-electron chi connectivity index (χ0n) is 5.83. The summed E-state index contributed by atoms with van der Waals surface area (Å²) in [5.74, 6) is 0.366. The highest BCUT2D eigenvalue weighted by atomic mass is 16.5. The molecule has 0 saturated heterocycles. The van der Waals surface area contributed by atoms with Gasteiger partial charge in [0.15, 0.2) is 0 Å². The minimum absolute atomic E-state index is 0.0322. The first-order chi connectivity index (χ1) is 4.18. The Hall–Kier alpha value is -0.570. The Labute approximate surface area is 55.2 Å². The number of ether oxygens (including phenoxy) is 1. The molecule has 0 aromatic carbocycles. The highest BCUT2D eigenvalue weighted by Gasteiger charge is 2.06. The number of nitrogens with two attached hydrogens (primary N) is 1. The summed E-state index contributed by atoms with van der Waals surface area (Å²) < 4.78 is 4.45. The lowest BCUT2D eigenvalue weighted by molar-refractivity contribution is -0.129. The molecule has 0 rings (SSSR count). The van der Waals surface area contributed by atoms with Crippen molar-refractivity contribution in [1.29, 1.82) is 0 Å². The molecule has 2 N–H and O–H groups in total. The third kappa shape index (κ3) is 3.97. The minimum atomic E-state index is -0.0322. The van der Waals surface area contributed by atoms with Gasteiger partial charge in [0, 0.05) is 6.04 Å². The van der Waals surface area contributed by atoms with Gasteiger partial charge in [0.2, 0.25) is 0 Å². The predicted molar refractivity (Wildman–Crippen MR) is 34.8 cm³/mol. The molecule has 0 aliphatic heterocycles. The van der Waals surface area contributed by atoms with Gasteiger partial charge in [0.25, 0.3) is 6.47 Å². The van der Waals surface area contributed by atoms with Gasteiger partial charge < -0.3 is 10.5 Å². The Balaban J connectivity index is 3.26. The molecular formula is C6H13NO2. The van der Waals surface area contributed by atoms with Crippen LogP contribution in [0.5, 0.6) is 0 Å². The molecule has 1 atom stereocenters. The normalized spacial score (nSPS) is 13.3. The van der Waals surface area contributed by atoms with Gasteiger partial charge in [-0.15, -0.1) is 0 Å². The van der Waals surface area contributed by atoms with E-state index in [2.05, 4.69) is 4.74 Å². The molecular weight excluding hydrogens is 118 g/mol.